The maximum absolute atomic E-state index is 13.3. The molecule has 3 aromatic heterocycles. The second-order valence-electron chi connectivity index (χ2n) is 4.99. The van der Waals surface area contributed by atoms with E-state index in [9.17, 15) is 8.78 Å². The van der Waals surface area contributed by atoms with E-state index >= 15 is 0 Å². The van der Waals surface area contributed by atoms with Gasteiger partial charge in [0, 0.05) is 5.75 Å². The van der Waals surface area contributed by atoms with Crippen LogP contribution in [0, 0.1) is 11.6 Å². The number of rotatable bonds is 4. The first-order valence-corrected chi connectivity index (χ1v) is 8.02. The van der Waals surface area contributed by atoms with E-state index in [0.29, 0.717) is 33.6 Å². The molecular formula is C16H10F2N4OS. The Bertz CT molecular complexity index is 1000. The van der Waals surface area contributed by atoms with Gasteiger partial charge in [-0.2, -0.15) is 9.61 Å². The van der Waals surface area contributed by atoms with Gasteiger partial charge in [0.05, 0.1) is 6.26 Å². The molecule has 1 aromatic carbocycles. The Morgan fingerprint density at radius 2 is 1.96 bits per heavy atom. The van der Waals surface area contributed by atoms with Gasteiger partial charge in [-0.25, -0.2) is 8.78 Å². The largest absolute Gasteiger partial charge is 0.463 e. The van der Waals surface area contributed by atoms with E-state index in [-0.39, 0.29) is 0 Å². The second-order valence-corrected chi connectivity index (χ2v) is 5.93. The number of halogens is 2. The van der Waals surface area contributed by atoms with Crippen LogP contribution < -0.4 is 0 Å². The van der Waals surface area contributed by atoms with Crippen molar-refractivity contribution in [3.63, 3.8) is 0 Å². The Balaban J connectivity index is 1.61. The molecule has 4 rings (SSSR count). The molecule has 0 aliphatic rings. The third-order valence-electron chi connectivity index (χ3n) is 3.36. The van der Waals surface area contributed by atoms with Crippen molar-refractivity contribution in [2.24, 2.45) is 0 Å². The van der Waals surface area contributed by atoms with E-state index in [4.69, 9.17) is 4.42 Å². The molecule has 8 heteroatoms. The molecule has 5 nitrogen and oxygen atoms in total. The molecule has 0 radical (unpaired) electrons. The lowest BCUT2D eigenvalue weighted by molar-refractivity contribution is 0.507. The number of benzene rings is 1. The summed E-state index contributed by atoms with van der Waals surface area (Å²) in [4.78, 5) is 0. The number of fused-ring (bicyclic) bond motifs is 1. The van der Waals surface area contributed by atoms with Crippen LogP contribution in [0.5, 0.6) is 0 Å². The van der Waals surface area contributed by atoms with Gasteiger partial charge in [-0.15, -0.1) is 10.2 Å². The third kappa shape index (κ3) is 2.76. The molecule has 4 aromatic rings. The molecule has 24 heavy (non-hydrogen) atoms. The van der Waals surface area contributed by atoms with Gasteiger partial charge in [-0.1, -0.05) is 17.8 Å². The van der Waals surface area contributed by atoms with Crippen molar-refractivity contribution >= 4 is 17.4 Å². The molecule has 0 saturated carbocycles. The van der Waals surface area contributed by atoms with Gasteiger partial charge in [0.1, 0.15) is 5.69 Å². The maximum atomic E-state index is 13.3. The smallest absolute Gasteiger partial charge is 0.212 e. The Morgan fingerprint density at radius 3 is 2.75 bits per heavy atom. The number of thioether (sulfide) groups is 1. The zero-order valence-corrected chi connectivity index (χ0v) is 13.0. The second kappa shape index (κ2) is 6.04. The molecule has 0 amide bonds. The SMILES string of the molecule is Fc1ccc(CSc2nnc3ccc(-c4ccco4)nn23)cc1F. The van der Waals surface area contributed by atoms with Crippen LogP contribution >= 0.6 is 11.8 Å². The molecular weight excluding hydrogens is 334 g/mol. The van der Waals surface area contributed by atoms with E-state index in [1.165, 1.54) is 23.9 Å². The highest BCUT2D eigenvalue weighted by atomic mass is 32.2. The molecule has 0 aliphatic carbocycles. The van der Waals surface area contributed by atoms with Gasteiger partial charge in [-0.3, -0.25) is 0 Å². The molecule has 0 N–H and O–H groups in total. The molecule has 0 fully saturated rings. The highest BCUT2D eigenvalue weighted by Crippen LogP contribution is 2.24. The van der Waals surface area contributed by atoms with Gasteiger partial charge in [0.25, 0.3) is 0 Å². The normalized spacial score (nSPS) is 11.2. The zero-order chi connectivity index (χ0) is 16.5. The maximum Gasteiger partial charge on any atom is 0.212 e. The molecule has 0 atom stereocenters. The van der Waals surface area contributed by atoms with Crippen LogP contribution in [-0.4, -0.2) is 19.8 Å². The predicted octanol–water partition coefficient (Wildman–Crippen LogP) is 3.95. The first kappa shape index (κ1) is 14.8. The van der Waals surface area contributed by atoms with Gasteiger partial charge >= 0.3 is 0 Å². The molecule has 0 aliphatic heterocycles. The van der Waals surface area contributed by atoms with E-state index < -0.39 is 11.6 Å². The summed E-state index contributed by atoms with van der Waals surface area (Å²) in [6.07, 6.45) is 1.58. The Kier molecular flexibility index (Phi) is 3.73. The van der Waals surface area contributed by atoms with Crippen LogP contribution in [-0.2, 0) is 5.75 Å². The summed E-state index contributed by atoms with van der Waals surface area (Å²) in [7, 11) is 0. The van der Waals surface area contributed by atoms with Gasteiger partial charge in [-0.05, 0) is 42.0 Å². The number of hydrogen-bond donors (Lipinski definition) is 0. The van der Waals surface area contributed by atoms with Crippen LogP contribution in [0.2, 0.25) is 0 Å². The minimum absolute atomic E-state index is 0.421. The van der Waals surface area contributed by atoms with Crippen molar-refractivity contribution in [2.75, 3.05) is 0 Å². The lowest BCUT2D eigenvalue weighted by Crippen LogP contribution is -1.96. The topological polar surface area (TPSA) is 56.2 Å². The highest BCUT2D eigenvalue weighted by Gasteiger charge is 2.11. The summed E-state index contributed by atoms with van der Waals surface area (Å²) in [5.74, 6) is -0.661. The average molecular weight is 344 g/mol. The lowest BCUT2D eigenvalue weighted by atomic mass is 10.2. The van der Waals surface area contributed by atoms with Gasteiger partial charge in [0.15, 0.2) is 23.0 Å². The monoisotopic (exact) mass is 344 g/mol. The average Bonchev–Trinajstić information content (AvgIpc) is 3.25. The van der Waals surface area contributed by atoms with E-state index in [2.05, 4.69) is 15.3 Å². The van der Waals surface area contributed by atoms with Gasteiger partial charge in [0.2, 0.25) is 5.16 Å². The van der Waals surface area contributed by atoms with Crippen molar-refractivity contribution in [3.8, 4) is 11.5 Å². The Morgan fingerprint density at radius 1 is 1.04 bits per heavy atom. The van der Waals surface area contributed by atoms with Crippen LogP contribution in [0.25, 0.3) is 17.1 Å². The fourth-order valence-electron chi connectivity index (χ4n) is 2.19. The summed E-state index contributed by atoms with van der Waals surface area (Å²) < 4.78 is 33.2. The first-order valence-electron chi connectivity index (χ1n) is 7.04. The number of aromatic nitrogens is 4. The number of nitrogens with zero attached hydrogens (tertiary/aromatic N) is 4. The van der Waals surface area contributed by atoms with Crippen molar-refractivity contribution in [1.29, 1.82) is 0 Å². The first-order chi connectivity index (χ1) is 11.7. The van der Waals surface area contributed by atoms with Crippen molar-refractivity contribution in [2.45, 2.75) is 10.9 Å². The summed E-state index contributed by atoms with van der Waals surface area (Å²) in [5.41, 5.74) is 1.90. The van der Waals surface area contributed by atoms with Crippen LogP contribution in [0.4, 0.5) is 8.78 Å². The van der Waals surface area contributed by atoms with E-state index in [1.54, 1.807) is 29.0 Å². The molecule has 3 heterocycles. The molecule has 0 saturated heterocycles. The fraction of sp³-hybridized carbons (Fsp3) is 0.0625. The summed E-state index contributed by atoms with van der Waals surface area (Å²) in [6, 6.07) is 11.0. The summed E-state index contributed by atoms with van der Waals surface area (Å²) in [5, 5.41) is 13.2. The number of hydrogen-bond acceptors (Lipinski definition) is 5. The summed E-state index contributed by atoms with van der Waals surface area (Å²) in [6.45, 7) is 0. The number of furan rings is 1. The van der Waals surface area contributed by atoms with E-state index in [1.807, 2.05) is 6.07 Å². The van der Waals surface area contributed by atoms with Gasteiger partial charge < -0.3 is 4.42 Å². The Hall–Kier alpha value is -2.74. The minimum Gasteiger partial charge on any atom is -0.463 e. The van der Waals surface area contributed by atoms with Crippen molar-refractivity contribution in [3.05, 3.63) is 65.9 Å². The van der Waals surface area contributed by atoms with Crippen LogP contribution in [0.3, 0.4) is 0 Å². The Labute approximate surface area is 139 Å². The summed E-state index contributed by atoms with van der Waals surface area (Å²) >= 11 is 1.34. The molecule has 0 unspecified atom stereocenters. The lowest BCUT2D eigenvalue weighted by Gasteiger charge is -2.02. The van der Waals surface area contributed by atoms with Crippen LogP contribution in [0.15, 0.2) is 58.3 Å². The standard InChI is InChI=1S/C16H10F2N4OS/c17-11-4-3-10(8-12(11)18)9-24-16-20-19-15-6-5-13(21-22(15)16)14-2-1-7-23-14/h1-8H,9H2. The molecule has 0 spiro atoms. The molecule has 120 valence electrons. The minimum atomic E-state index is -0.863. The quantitative estimate of drug-likeness (QED) is 0.525. The zero-order valence-electron chi connectivity index (χ0n) is 12.2. The van der Waals surface area contributed by atoms with Crippen LogP contribution in [0.1, 0.15) is 5.56 Å². The third-order valence-corrected chi connectivity index (χ3v) is 4.35. The molecule has 0 bridgehead atoms. The van der Waals surface area contributed by atoms with Crippen molar-refractivity contribution in [1.82, 2.24) is 19.8 Å². The van der Waals surface area contributed by atoms with Crippen molar-refractivity contribution < 1.29 is 13.2 Å². The highest BCUT2D eigenvalue weighted by molar-refractivity contribution is 7.98. The fourth-order valence-corrected chi connectivity index (χ4v) is 3.02. The predicted molar refractivity (Wildman–Crippen MR) is 84.4 cm³/mol. The van der Waals surface area contributed by atoms with E-state index in [0.717, 1.165) is 6.07 Å².